The minimum Gasteiger partial charge on any atom is -0.478 e. The lowest BCUT2D eigenvalue weighted by Crippen LogP contribution is -2.38. The Balaban J connectivity index is 1.49. The number of urea groups is 1. The third-order valence-electron chi connectivity index (χ3n) is 4.86. The minimum absolute atomic E-state index is 0.0264. The van der Waals surface area contributed by atoms with Gasteiger partial charge in [-0.3, -0.25) is 9.59 Å². The van der Waals surface area contributed by atoms with E-state index in [-0.39, 0.29) is 11.3 Å². The summed E-state index contributed by atoms with van der Waals surface area (Å²) in [5, 5.41) is 14.2. The first-order valence-electron chi connectivity index (χ1n) is 9.73. The smallest absolute Gasteiger partial charge is 0.335 e. The van der Waals surface area contributed by atoms with Gasteiger partial charge in [-0.15, -0.1) is 0 Å². The van der Waals surface area contributed by atoms with Crippen LogP contribution in [0.3, 0.4) is 0 Å². The van der Waals surface area contributed by atoms with E-state index in [4.69, 9.17) is 5.11 Å². The number of carbonyl (C=O) groups is 4. The van der Waals surface area contributed by atoms with Crippen LogP contribution in [0.1, 0.15) is 16.1 Å². The van der Waals surface area contributed by atoms with Crippen LogP contribution < -0.4 is 10.6 Å². The van der Waals surface area contributed by atoms with Crippen LogP contribution >= 0.6 is 15.9 Å². The zero-order valence-electron chi connectivity index (χ0n) is 17.0. The first kappa shape index (κ1) is 22.0. The van der Waals surface area contributed by atoms with E-state index in [1.54, 1.807) is 59.3 Å². The molecule has 166 valence electrons. The van der Waals surface area contributed by atoms with Crippen LogP contribution in [-0.2, 0) is 9.59 Å². The summed E-state index contributed by atoms with van der Waals surface area (Å²) in [4.78, 5) is 49.3. The summed E-state index contributed by atoms with van der Waals surface area (Å²) in [5.74, 6) is -2.16. The summed E-state index contributed by atoms with van der Waals surface area (Å²) >= 11 is 3.31. The number of carboxylic acids is 1. The molecular formula is C23H17BrN4O5. The van der Waals surface area contributed by atoms with Crippen LogP contribution in [0.2, 0.25) is 0 Å². The van der Waals surface area contributed by atoms with Crippen molar-refractivity contribution in [3.8, 4) is 5.69 Å². The number of nitrogens with one attached hydrogen (secondary N) is 2. The number of aromatic nitrogens is 1. The molecule has 0 unspecified atom stereocenters. The average molecular weight is 509 g/mol. The SMILES string of the molecule is O=C(CN1C(=O)N/C(=C\c2cccn2-c2ccc(C(=O)O)cc2)C1=O)Nc1ccc(Br)cc1. The van der Waals surface area contributed by atoms with Gasteiger partial charge in [-0.2, -0.15) is 0 Å². The van der Waals surface area contributed by atoms with Crippen LogP contribution in [0.5, 0.6) is 0 Å². The Bertz CT molecular complexity index is 1280. The number of carboxylic acid groups (broad SMARTS) is 1. The molecule has 0 atom stereocenters. The Morgan fingerprint density at radius 3 is 2.39 bits per heavy atom. The lowest BCUT2D eigenvalue weighted by molar-refractivity contribution is -0.127. The second kappa shape index (κ2) is 9.13. The van der Waals surface area contributed by atoms with Gasteiger partial charge in [0.25, 0.3) is 5.91 Å². The molecule has 0 saturated carbocycles. The molecule has 0 spiro atoms. The number of carbonyl (C=O) groups excluding carboxylic acids is 3. The van der Waals surface area contributed by atoms with E-state index < -0.39 is 30.4 Å². The molecule has 4 rings (SSSR count). The fourth-order valence-corrected chi connectivity index (χ4v) is 3.52. The molecule has 0 aliphatic carbocycles. The van der Waals surface area contributed by atoms with Crippen LogP contribution in [0, 0.1) is 0 Å². The second-order valence-electron chi connectivity index (χ2n) is 7.09. The number of benzene rings is 2. The van der Waals surface area contributed by atoms with Crippen molar-refractivity contribution in [1.82, 2.24) is 14.8 Å². The number of rotatable bonds is 6. The van der Waals surface area contributed by atoms with E-state index in [1.165, 1.54) is 18.2 Å². The third kappa shape index (κ3) is 4.85. The quantitative estimate of drug-likeness (QED) is 0.347. The molecule has 1 saturated heterocycles. The van der Waals surface area contributed by atoms with Crippen molar-refractivity contribution >= 4 is 51.5 Å². The summed E-state index contributed by atoms with van der Waals surface area (Å²) in [6.45, 7) is -0.435. The first-order chi connectivity index (χ1) is 15.8. The van der Waals surface area contributed by atoms with Gasteiger partial charge in [0.2, 0.25) is 5.91 Å². The minimum atomic E-state index is -1.03. The summed E-state index contributed by atoms with van der Waals surface area (Å²) in [7, 11) is 0. The zero-order valence-corrected chi connectivity index (χ0v) is 18.6. The molecule has 3 aromatic rings. The van der Waals surface area contributed by atoms with Crippen LogP contribution in [0.25, 0.3) is 11.8 Å². The molecule has 3 N–H and O–H groups in total. The molecule has 33 heavy (non-hydrogen) atoms. The van der Waals surface area contributed by atoms with E-state index >= 15 is 0 Å². The molecule has 0 bridgehead atoms. The van der Waals surface area contributed by atoms with E-state index in [0.29, 0.717) is 17.1 Å². The molecule has 9 nitrogen and oxygen atoms in total. The fraction of sp³-hybridized carbons (Fsp3) is 0.0435. The summed E-state index contributed by atoms with van der Waals surface area (Å²) in [5.41, 5.74) is 1.99. The molecule has 1 aliphatic heterocycles. The Hall–Kier alpha value is -4.18. The van der Waals surface area contributed by atoms with Crippen LogP contribution in [0.4, 0.5) is 10.5 Å². The molecule has 4 amide bonds. The van der Waals surface area contributed by atoms with Crippen molar-refractivity contribution < 1.29 is 24.3 Å². The van der Waals surface area contributed by atoms with Gasteiger partial charge < -0.3 is 20.3 Å². The number of aromatic carboxylic acids is 1. The number of hydrogen-bond acceptors (Lipinski definition) is 4. The van der Waals surface area contributed by atoms with Gasteiger partial charge in [0.05, 0.1) is 5.56 Å². The van der Waals surface area contributed by atoms with Crippen molar-refractivity contribution in [3.05, 3.63) is 88.3 Å². The van der Waals surface area contributed by atoms with Crippen molar-refractivity contribution in [2.24, 2.45) is 0 Å². The molecule has 1 fully saturated rings. The summed E-state index contributed by atoms with van der Waals surface area (Å²) in [6, 6.07) is 15.9. The molecule has 1 aromatic heterocycles. The van der Waals surface area contributed by atoms with Gasteiger partial charge in [0, 0.05) is 27.7 Å². The molecule has 1 aliphatic rings. The Morgan fingerprint density at radius 2 is 1.73 bits per heavy atom. The second-order valence-corrected chi connectivity index (χ2v) is 8.01. The van der Waals surface area contributed by atoms with Crippen molar-refractivity contribution in [3.63, 3.8) is 0 Å². The standard InChI is InChI=1S/C23H17BrN4O5/c24-15-5-7-16(8-6-15)25-20(29)13-28-21(30)19(26-23(28)33)12-18-2-1-11-27(18)17-9-3-14(4-10-17)22(31)32/h1-12H,13H2,(H,25,29)(H,26,33)(H,31,32)/b19-12-. The number of amides is 4. The topological polar surface area (TPSA) is 121 Å². The lowest BCUT2D eigenvalue weighted by atomic mass is 10.2. The van der Waals surface area contributed by atoms with E-state index in [0.717, 1.165) is 9.37 Å². The third-order valence-corrected chi connectivity index (χ3v) is 5.39. The molecule has 2 aromatic carbocycles. The van der Waals surface area contributed by atoms with Gasteiger partial charge in [-0.1, -0.05) is 15.9 Å². The molecular weight excluding hydrogens is 492 g/mol. The Kier molecular flexibility index (Phi) is 6.09. The predicted molar refractivity (Wildman–Crippen MR) is 124 cm³/mol. The van der Waals surface area contributed by atoms with Crippen molar-refractivity contribution in [2.45, 2.75) is 0 Å². The molecule has 10 heteroatoms. The monoisotopic (exact) mass is 508 g/mol. The maximum Gasteiger partial charge on any atom is 0.335 e. The number of hydrogen-bond donors (Lipinski definition) is 3. The molecule has 2 heterocycles. The largest absolute Gasteiger partial charge is 0.478 e. The molecule has 0 radical (unpaired) electrons. The summed E-state index contributed by atoms with van der Waals surface area (Å²) in [6.07, 6.45) is 3.24. The highest BCUT2D eigenvalue weighted by Crippen LogP contribution is 2.19. The summed E-state index contributed by atoms with van der Waals surface area (Å²) < 4.78 is 2.59. The fourth-order valence-electron chi connectivity index (χ4n) is 3.25. The van der Waals surface area contributed by atoms with Gasteiger partial charge >= 0.3 is 12.0 Å². The average Bonchev–Trinajstić information content (AvgIpc) is 3.35. The zero-order chi connectivity index (χ0) is 23.5. The van der Waals surface area contributed by atoms with Gasteiger partial charge in [0.15, 0.2) is 0 Å². The Morgan fingerprint density at radius 1 is 1.03 bits per heavy atom. The number of halogens is 1. The number of imide groups is 1. The number of anilines is 1. The highest BCUT2D eigenvalue weighted by Gasteiger charge is 2.35. The predicted octanol–water partition coefficient (Wildman–Crippen LogP) is 3.47. The highest BCUT2D eigenvalue weighted by molar-refractivity contribution is 9.10. The Labute approximate surface area is 196 Å². The highest BCUT2D eigenvalue weighted by atomic mass is 79.9. The number of nitrogens with zero attached hydrogens (tertiary/aromatic N) is 2. The van der Waals surface area contributed by atoms with Crippen LogP contribution in [0.15, 0.2) is 77.0 Å². The lowest BCUT2D eigenvalue weighted by Gasteiger charge is -2.12. The van der Waals surface area contributed by atoms with Crippen molar-refractivity contribution in [2.75, 3.05) is 11.9 Å². The van der Waals surface area contributed by atoms with E-state index in [9.17, 15) is 19.2 Å². The van der Waals surface area contributed by atoms with Gasteiger partial charge in [-0.25, -0.2) is 14.5 Å². The van der Waals surface area contributed by atoms with Crippen LogP contribution in [-0.4, -0.2) is 44.9 Å². The normalized spacial score (nSPS) is 14.5. The van der Waals surface area contributed by atoms with E-state index in [1.807, 2.05) is 0 Å². The van der Waals surface area contributed by atoms with Gasteiger partial charge in [0.1, 0.15) is 12.2 Å². The first-order valence-corrected chi connectivity index (χ1v) is 10.5. The van der Waals surface area contributed by atoms with Gasteiger partial charge in [-0.05, 0) is 66.7 Å². The maximum absolute atomic E-state index is 12.8. The van der Waals surface area contributed by atoms with Crippen molar-refractivity contribution in [1.29, 1.82) is 0 Å². The maximum atomic E-state index is 12.8. The van der Waals surface area contributed by atoms with E-state index in [2.05, 4.69) is 26.6 Å².